The molecule has 2 rings (SSSR count). The summed E-state index contributed by atoms with van der Waals surface area (Å²) in [6, 6.07) is 0. The molecule has 3 nitrogen and oxygen atoms in total. The third kappa shape index (κ3) is 0.812. The lowest BCUT2D eigenvalue weighted by atomic mass is 9.83. The lowest BCUT2D eigenvalue weighted by molar-refractivity contribution is -0.0862. The van der Waals surface area contributed by atoms with Crippen LogP contribution in [0.15, 0.2) is 12.3 Å². The fourth-order valence-corrected chi connectivity index (χ4v) is 1.82. The molecule has 0 amide bonds. The average Bonchev–Trinajstić information content (AvgIpc) is 2.25. The Kier molecular flexibility index (Phi) is 1.44. The van der Waals surface area contributed by atoms with Crippen LogP contribution in [0, 0.1) is 5.41 Å². The first-order chi connectivity index (χ1) is 5.28. The van der Waals surface area contributed by atoms with Crippen LogP contribution in [0.2, 0.25) is 0 Å². The van der Waals surface area contributed by atoms with Crippen molar-refractivity contribution in [2.75, 3.05) is 26.4 Å². The molecule has 2 saturated heterocycles. The summed E-state index contributed by atoms with van der Waals surface area (Å²) >= 11 is 0. The van der Waals surface area contributed by atoms with Gasteiger partial charge in [-0.15, -0.1) is 0 Å². The lowest BCUT2D eigenvalue weighted by Gasteiger charge is -2.39. The molecule has 2 fully saturated rings. The van der Waals surface area contributed by atoms with Crippen molar-refractivity contribution in [1.82, 2.24) is 4.90 Å². The van der Waals surface area contributed by atoms with Gasteiger partial charge in [-0.25, -0.2) is 0 Å². The van der Waals surface area contributed by atoms with Gasteiger partial charge in [-0.2, -0.15) is 0 Å². The van der Waals surface area contributed by atoms with Crippen molar-refractivity contribution in [3.8, 4) is 0 Å². The van der Waals surface area contributed by atoms with Crippen LogP contribution >= 0.6 is 0 Å². The minimum absolute atomic E-state index is 0.277. The fraction of sp³-hybridized carbons (Fsp3) is 0.750. The van der Waals surface area contributed by atoms with E-state index in [4.69, 9.17) is 10.5 Å². The molecule has 0 aromatic carbocycles. The van der Waals surface area contributed by atoms with E-state index in [-0.39, 0.29) is 5.41 Å². The first-order valence-electron chi connectivity index (χ1n) is 4.01. The lowest BCUT2D eigenvalue weighted by Crippen LogP contribution is -2.43. The molecule has 62 valence electrons. The Morgan fingerprint density at radius 2 is 2.36 bits per heavy atom. The molecule has 0 radical (unpaired) electrons. The van der Waals surface area contributed by atoms with Gasteiger partial charge >= 0.3 is 0 Å². The maximum Gasteiger partial charge on any atom is 0.0654 e. The van der Waals surface area contributed by atoms with E-state index in [9.17, 15) is 0 Å². The van der Waals surface area contributed by atoms with Crippen molar-refractivity contribution in [2.24, 2.45) is 11.1 Å². The second-order valence-electron chi connectivity index (χ2n) is 3.42. The van der Waals surface area contributed by atoms with Gasteiger partial charge in [0.2, 0.25) is 0 Å². The topological polar surface area (TPSA) is 38.5 Å². The van der Waals surface area contributed by atoms with Gasteiger partial charge in [-0.1, -0.05) is 6.58 Å². The monoisotopic (exact) mass is 154 g/mol. The minimum atomic E-state index is 0.277. The Hall–Kier alpha value is -0.540. The van der Waals surface area contributed by atoms with Gasteiger partial charge in [0.15, 0.2) is 0 Å². The molecule has 2 heterocycles. The molecular weight excluding hydrogens is 140 g/mol. The highest BCUT2D eigenvalue weighted by Crippen LogP contribution is 2.44. The standard InChI is InChI=1S/C8H14N2O/c1-7-8(4-11-5-8)2-3-10(7)6-9/h1-6,9H2. The van der Waals surface area contributed by atoms with Crippen molar-refractivity contribution >= 4 is 0 Å². The number of nitrogens with zero attached hydrogens (tertiary/aromatic N) is 1. The quantitative estimate of drug-likeness (QED) is 0.584. The SMILES string of the molecule is C=C1N(CN)CCC12COC2. The molecule has 0 bridgehead atoms. The highest BCUT2D eigenvalue weighted by atomic mass is 16.5. The zero-order chi connectivity index (χ0) is 7.90. The molecule has 0 saturated carbocycles. The Morgan fingerprint density at radius 3 is 2.64 bits per heavy atom. The van der Waals surface area contributed by atoms with Crippen LogP contribution in [0.3, 0.4) is 0 Å². The van der Waals surface area contributed by atoms with E-state index in [1.807, 2.05) is 0 Å². The summed E-state index contributed by atoms with van der Waals surface area (Å²) in [7, 11) is 0. The van der Waals surface area contributed by atoms with Crippen LogP contribution in [0.25, 0.3) is 0 Å². The molecule has 3 heteroatoms. The number of ether oxygens (including phenoxy) is 1. The van der Waals surface area contributed by atoms with E-state index in [0.29, 0.717) is 6.67 Å². The van der Waals surface area contributed by atoms with Crippen LogP contribution in [0.4, 0.5) is 0 Å². The molecule has 11 heavy (non-hydrogen) atoms. The smallest absolute Gasteiger partial charge is 0.0654 e. The van der Waals surface area contributed by atoms with E-state index in [1.165, 1.54) is 12.1 Å². The van der Waals surface area contributed by atoms with Gasteiger partial charge in [0.05, 0.1) is 25.3 Å². The van der Waals surface area contributed by atoms with Crippen molar-refractivity contribution in [3.05, 3.63) is 12.3 Å². The summed E-state index contributed by atoms with van der Waals surface area (Å²) in [4.78, 5) is 2.14. The minimum Gasteiger partial charge on any atom is -0.379 e. The van der Waals surface area contributed by atoms with Crippen LogP contribution in [-0.2, 0) is 4.74 Å². The molecule has 2 N–H and O–H groups in total. The van der Waals surface area contributed by atoms with E-state index in [0.717, 1.165) is 19.8 Å². The molecule has 2 aliphatic heterocycles. The molecular formula is C8H14N2O. The molecule has 1 spiro atoms. The summed E-state index contributed by atoms with van der Waals surface area (Å²) in [6.45, 7) is 7.40. The summed E-state index contributed by atoms with van der Waals surface area (Å²) in [5, 5.41) is 0. The van der Waals surface area contributed by atoms with Crippen molar-refractivity contribution in [1.29, 1.82) is 0 Å². The van der Waals surface area contributed by atoms with Crippen LogP contribution in [0.1, 0.15) is 6.42 Å². The van der Waals surface area contributed by atoms with Crippen molar-refractivity contribution in [2.45, 2.75) is 6.42 Å². The maximum atomic E-state index is 5.55. The Labute approximate surface area is 66.8 Å². The molecule has 0 aliphatic carbocycles. The van der Waals surface area contributed by atoms with E-state index in [1.54, 1.807) is 0 Å². The number of nitrogens with two attached hydrogens (primary N) is 1. The summed E-state index contributed by atoms with van der Waals surface area (Å²) in [5.41, 5.74) is 7.01. The first-order valence-corrected chi connectivity index (χ1v) is 4.01. The second-order valence-corrected chi connectivity index (χ2v) is 3.42. The number of rotatable bonds is 1. The third-order valence-corrected chi connectivity index (χ3v) is 2.83. The average molecular weight is 154 g/mol. The highest BCUT2D eigenvalue weighted by Gasteiger charge is 2.47. The molecule has 2 aliphatic rings. The fourth-order valence-electron chi connectivity index (χ4n) is 1.82. The van der Waals surface area contributed by atoms with E-state index < -0.39 is 0 Å². The second kappa shape index (κ2) is 2.22. The van der Waals surface area contributed by atoms with Gasteiger partial charge in [0.25, 0.3) is 0 Å². The highest BCUT2D eigenvalue weighted by molar-refractivity contribution is 5.18. The maximum absolute atomic E-state index is 5.55. The number of hydrogen-bond acceptors (Lipinski definition) is 3. The van der Waals surface area contributed by atoms with Gasteiger partial charge < -0.3 is 15.4 Å². The Morgan fingerprint density at radius 1 is 1.64 bits per heavy atom. The molecule has 0 aromatic heterocycles. The number of likely N-dealkylation sites (tertiary alicyclic amines) is 1. The van der Waals surface area contributed by atoms with Crippen LogP contribution in [0.5, 0.6) is 0 Å². The van der Waals surface area contributed by atoms with Crippen LogP contribution < -0.4 is 5.73 Å². The van der Waals surface area contributed by atoms with Crippen molar-refractivity contribution in [3.63, 3.8) is 0 Å². The van der Waals surface area contributed by atoms with Crippen molar-refractivity contribution < 1.29 is 4.74 Å². The summed E-state index contributed by atoms with van der Waals surface area (Å²) in [6.07, 6.45) is 1.17. The Bertz CT molecular complexity index is 187. The predicted molar refractivity (Wildman–Crippen MR) is 42.8 cm³/mol. The van der Waals surface area contributed by atoms with E-state index in [2.05, 4.69) is 11.5 Å². The zero-order valence-corrected chi connectivity index (χ0v) is 6.68. The van der Waals surface area contributed by atoms with Gasteiger partial charge in [-0.3, -0.25) is 0 Å². The molecule has 0 aromatic rings. The zero-order valence-electron chi connectivity index (χ0n) is 6.68. The first kappa shape index (κ1) is 7.13. The third-order valence-electron chi connectivity index (χ3n) is 2.83. The van der Waals surface area contributed by atoms with Crippen LogP contribution in [-0.4, -0.2) is 31.3 Å². The van der Waals surface area contributed by atoms with Gasteiger partial charge in [-0.05, 0) is 6.42 Å². The molecule has 0 unspecified atom stereocenters. The largest absolute Gasteiger partial charge is 0.379 e. The molecule has 0 atom stereocenters. The summed E-state index contributed by atoms with van der Waals surface area (Å²) < 4.78 is 5.19. The van der Waals surface area contributed by atoms with Gasteiger partial charge in [0.1, 0.15) is 0 Å². The van der Waals surface area contributed by atoms with Gasteiger partial charge in [0, 0.05) is 12.2 Å². The predicted octanol–water partition coefficient (Wildman–Crippen LogP) is 0.139. The Balaban J connectivity index is 2.11. The van der Waals surface area contributed by atoms with E-state index >= 15 is 0 Å². The number of hydrogen-bond donors (Lipinski definition) is 1. The summed E-state index contributed by atoms with van der Waals surface area (Å²) in [5.74, 6) is 0. The normalized spacial score (nSPS) is 27.7.